The smallest absolute Gasteiger partial charge is 0.423 e. The van der Waals surface area contributed by atoms with E-state index in [1.807, 2.05) is 75.4 Å². The summed E-state index contributed by atoms with van der Waals surface area (Å²) < 4.78 is 12.2. The fraction of sp³-hybridized carbons (Fsp3) is 0.250. The zero-order chi connectivity index (χ0) is 33.2. The van der Waals surface area contributed by atoms with E-state index >= 15 is 0 Å². The quantitative estimate of drug-likeness (QED) is 0.217. The maximum absolute atomic E-state index is 8.98. The third kappa shape index (κ3) is 7.74. The summed E-state index contributed by atoms with van der Waals surface area (Å²) in [6.07, 6.45) is 0. The average Bonchev–Trinajstić information content (AvgIpc) is 3.22. The predicted molar refractivity (Wildman–Crippen MR) is 190 cm³/mol. The first-order chi connectivity index (χ1) is 21.7. The lowest BCUT2D eigenvalue weighted by molar-refractivity contribution is 0.00578. The summed E-state index contributed by atoms with van der Waals surface area (Å²) in [5.41, 5.74) is 6.55. The van der Waals surface area contributed by atoms with Crippen LogP contribution < -0.4 is 10.9 Å². The molecule has 1 saturated heterocycles. The molecule has 0 amide bonds. The third-order valence-corrected chi connectivity index (χ3v) is 8.56. The molecule has 7 nitrogen and oxygen atoms in total. The first kappa shape index (κ1) is 33.5. The topological polar surface area (TPSA) is 97.6 Å². The molecule has 10 heteroatoms. The van der Waals surface area contributed by atoms with Crippen LogP contribution >= 0.6 is 11.6 Å². The van der Waals surface area contributed by atoms with E-state index in [1.54, 1.807) is 12.1 Å². The Kier molecular flexibility index (Phi) is 9.82. The van der Waals surface area contributed by atoms with Gasteiger partial charge in [-0.3, -0.25) is 15.0 Å². The van der Waals surface area contributed by atoms with Gasteiger partial charge in [0.1, 0.15) is 0 Å². The van der Waals surface area contributed by atoms with Gasteiger partial charge in [0.25, 0.3) is 0 Å². The van der Waals surface area contributed by atoms with E-state index in [9.17, 15) is 0 Å². The molecule has 4 heterocycles. The van der Waals surface area contributed by atoms with Gasteiger partial charge in [-0.2, -0.15) is 0 Å². The van der Waals surface area contributed by atoms with Gasteiger partial charge in [0, 0.05) is 38.3 Å². The van der Waals surface area contributed by atoms with E-state index in [0.29, 0.717) is 5.46 Å². The van der Waals surface area contributed by atoms with Crippen LogP contribution in [0.5, 0.6) is 0 Å². The maximum Gasteiger partial charge on any atom is 0.494 e. The van der Waals surface area contributed by atoms with E-state index in [4.69, 9.17) is 31.0 Å². The average molecular weight is 634 g/mol. The Balaban J connectivity index is 0.000000141. The summed E-state index contributed by atoms with van der Waals surface area (Å²) in [6, 6.07) is 29.2. The van der Waals surface area contributed by atoms with Gasteiger partial charge in [-0.1, -0.05) is 60.1 Å². The van der Waals surface area contributed by atoms with Crippen molar-refractivity contribution in [2.24, 2.45) is 0 Å². The molecule has 3 aromatic heterocycles. The fourth-order valence-corrected chi connectivity index (χ4v) is 5.12. The Bertz CT molecular complexity index is 1970. The molecule has 234 valence electrons. The van der Waals surface area contributed by atoms with Crippen LogP contribution in [0.3, 0.4) is 0 Å². The Hall–Kier alpha value is -3.85. The molecule has 7 rings (SSSR count). The molecule has 1 aliphatic rings. The molecule has 1 fully saturated rings. The Morgan fingerprint density at radius 1 is 0.587 bits per heavy atom. The Morgan fingerprint density at radius 2 is 1.00 bits per heavy atom. The van der Waals surface area contributed by atoms with Crippen LogP contribution in [-0.4, -0.2) is 50.4 Å². The molecule has 3 aromatic carbocycles. The van der Waals surface area contributed by atoms with Gasteiger partial charge in [0.05, 0.1) is 27.8 Å². The van der Waals surface area contributed by atoms with Crippen LogP contribution in [0.4, 0.5) is 0 Å². The molecular formula is C36H38B2ClN3O4. The first-order valence-electron chi connectivity index (χ1n) is 15.2. The second-order valence-electron chi connectivity index (χ2n) is 12.6. The number of hydrogen-bond acceptors (Lipinski definition) is 7. The van der Waals surface area contributed by atoms with Gasteiger partial charge in [-0.05, 0) is 102 Å². The molecule has 6 aromatic rings. The van der Waals surface area contributed by atoms with Crippen molar-refractivity contribution in [2.45, 2.75) is 59.7 Å². The minimum atomic E-state index is -1.43. The van der Waals surface area contributed by atoms with Crippen molar-refractivity contribution < 1.29 is 19.4 Å². The van der Waals surface area contributed by atoms with E-state index in [-0.39, 0.29) is 18.3 Å². The zero-order valence-electron chi connectivity index (χ0n) is 27.2. The highest BCUT2D eigenvalue weighted by atomic mass is 35.5. The highest BCUT2D eigenvalue weighted by Gasteiger charge is 2.51. The van der Waals surface area contributed by atoms with Crippen molar-refractivity contribution in [3.63, 3.8) is 0 Å². The molecule has 0 unspecified atom stereocenters. The number of aromatic nitrogens is 3. The minimum Gasteiger partial charge on any atom is -0.423 e. The second kappa shape index (κ2) is 13.5. The number of nitrogens with zero attached hydrogens (tertiary/aromatic N) is 3. The molecule has 0 radical (unpaired) electrons. The van der Waals surface area contributed by atoms with Gasteiger partial charge in [-0.25, -0.2) is 0 Å². The summed E-state index contributed by atoms with van der Waals surface area (Å²) in [4.78, 5) is 13.2. The molecule has 1 aliphatic heterocycles. The van der Waals surface area contributed by atoms with Crippen molar-refractivity contribution in [1.29, 1.82) is 0 Å². The number of aryl methyl sites for hydroxylation is 3. The predicted octanol–water partition coefficient (Wildman–Crippen LogP) is 6.26. The highest BCUT2D eigenvalue weighted by molar-refractivity contribution is 6.62. The van der Waals surface area contributed by atoms with E-state index in [2.05, 4.69) is 66.9 Å². The number of pyridine rings is 3. The van der Waals surface area contributed by atoms with Crippen LogP contribution in [0, 0.1) is 20.8 Å². The lowest BCUT2D eigenvalue weighted by Gasteiger charge is -2.32. The van der Waals surface area contributed by atoms with Gasteiger partial charge >= 0.3 is 14.2 Å². The van der Waals surface area contributed by atoms with Crippen LogP contribution in [0.15, 0.2) is 91.0 Å². The number of halogens is 1. The molecular weight excluding hydrogens is 595 g/mol. The van der Waals surface area contributed by atoms with Crippen molar-refractivity contribution >= 4 is 69.5 Å². The highest BCUT2D eigenvalue weighted by Crippen LogP contribution is 2.36. The lowest BCUT2D eigenvalue weighted by Crippen LogP contribution is -2.41. The summed E-state index contributed by atoms with van der Waals surface area (Å²) in [6.45, 7) is 14.1. The van der Waals surface area contributed by atoms with Gasteiger partial charge in [0.15, 0.2) is 0 Å². The molecule has 0 aliphatic carbocycles. The fourth-order valence-electron chi connectivity index (χ4n) is 4.95. The third-order valence-electron chi connectivity index (χ3n) is 8.33. The Labute approximate surface area is 275 Å². The molecule has 0 saturated carbocycles. The number of benzene rings is 3. The standard InChI is InChI=1S/C16H20BNO2.C10H10BNO2.C10H8ClN/c1-11-6-7-12-8-9-13(10-14(12)18-11)17-19-15(2,3)16(4,5)20-17;1-7-2-3-8-4-5-9(11(13)14)6-10(8)12-7;1-7-2-3-8-4-5-9(11)6-10(8)12-7/h6-10H,1-5H3;2-6,13-14H,1H3;2-6H,1H3. The van der Waals surface area contributed by atoms with Crippen molar-refractivity contribution in [3.05, 3.63) is 113 Å². The SMILES string of the molecule is Cc1ccc2ccc(B(O)O)cc2n1.Cc1ccc2ccc(B3OC(C)(C)C(C)(C)O3)cc2n1.Cc1ccc2ccc(Cl)cc2n1. The Morgan fingerprint density at radius 3 is 1.50 bits per heavy atom. The van der Waals surface area contributed by atoms with Crippen LogP contribution in [-0.2, 0) is 9.31 Å². The summed E-state index contributed by atoms with van der Waals surface area (Å²) in [5, 5.41) is 22.0. The van der Waals surface area contributed by atoms with E-state index in [1.165, 1.54) is 0 Å². The monoisotopic (exact) mass is 633 g/mol. The minimum absolute atomic E-state index is 0.313. The number of hydrogen-bond donors (Lipinski definition) is 2. The van der Waals surface area contributed by atoms with Crippen LogP contribution in [0.2, 0.25) is 5.02 Å². The van der Waals surface area contributed by atoms with Crippen molar-refractivity contribution in [2.75, 3.05) is 0 Å². The largest absolute Gasteiger partial charge is 0.494 e. The lowest BCUT2D eigenvalue weighted by atomic mass is 9.79. The van der Waals surface area contributed by atoms with Crippen molar-refractivity contribution in [3.8, 4) is 0 Å². The molecule has 0 bridgehead atoms. The van der Waals surface area contributed by atoms with Crippen LogP contribution in [0.25, 0.3) is 32.7 Å². The van der Waals surface area contributed by atoms with E-state index in [0.717, 1.165) is 60.3 Å². The van der Waals surface area contributed by atoms with Gasteiger partial charge in [-0.15, -0.1) is 0 Å². The molecule has 2 N–H and O–H groups in total. The summed E-state index contributed by atoms with van der Waals surface area (Å²) in [5.74, 6) is 0. The number of fused-ring (bicyclic) bond motifs is 3. The maximum atomic E-state index is 8.98. The van der Waals surface area contributed by atoms with Gasteiger partial charge < -0.3 is 19.4 Å². The zero-order valence-corrected chi connectivity index (χ0v) is 28.0. The van der Waals surface area contributed by atoms with E-state index < -0.39 is 7.12 Å². The first-order valence-corrected chi connectivity index (χ1v) is 15.6. The summed E-state index contributed by atoms with van der Waals surface area (Å²) in [7, 11) is -1.76. The van der Waals surface area contributed by atoms with Crippen LogP contribution in [0.1, 0.15) is 44.8 Å². The van der Waals surface area contributed by atoms with Gasteiger partial charge in [0.2, 0.25) is 0 Å². The van der Waals surface area contributed by atoms with Crippen molar-refractivity contribution in [1.82, 2.24) is 15.0 Å². The number of rotatable bonds is 2. The normalized spacial score (nSPS) is 14.9. The molecule has 0 atom stereocenters. The second-order valence-corrected chi connectivity index (χ2v) is 13.0. The molecule has 0 spiro atoms. The molecule has 46 heavy (non-hydrogen) atoms. The summed E-state index contributed by atoms with van der Waals surface area (Å²) >= 11 is 5.83.